The van der Waals surface area contributed by atoms with Gasteiger partial charge in [0.1, 0.15) is 23.1 Å². The molecular formula is C18H14F2N6O. The van der Waals surface area contributed by atoms with E-state index in [2.05, 4.69) is 20.6 Å². The lowest BCUT2D eigenvalue weighted by molar-refractivity contribution is 0.407. The van der Waals surface area contributed by atoms with Gasteiger partial charge >= 0.3 is 0 Å². The molecule has 0 bridgehead atoms. The van der Waals surface area contributed by atoms with Crippen molar-refractivity contribution >= 4 is 29.0 Å². The predicted molar refractivity (Wildman–Crippen MR) is 97.1 cm³/mol. The molecule has 27 heavy (non-hydrogen) atoms. The van der Waals surface area contributed by atoms with Gasteiger partial charge in [-0.15, -0.1) is 0 Å². The molecule has 0 radical (unpaired) electrons. The molecule has 1 heterocycles. The molecule has 0 saturated heterocycles. The molecule has 0 fully saturated rings. The van der Waals surface area contributed by atoms with E-state index in [1.165, 1.54) is 13.2 Å². The van der Waals surface area contributed by atoms with Crippen LogP contribution in [0.4, 0.5) is 37.7 Å². The maximum atomic E-state index is 14.1. The standard InChI is InChI=1S/C18H14F2N6O/c1-27-12-6-13(19)17(14(20)7-12)25-16-8-15(22)24-18(26-16)23-11-4-2-10(9-21)3-5-11/h2-8H,1H3,(H4,22,23,24,25,26). The highest BCUT2D eigenvalue weighted by Crippen LogP contribution is 2.28. The number of nitrogens with zero attached hydrogens (tertiary/aromatic N) is 3. The maximum Gasteiger partial charge on any atom is 0.231 e. The molecular weight excluding hydrogens is 354 g/mol. The first kappa shape index (κ1) is 17.9. The summed E-state index contributed by atoms with van der Waals surface area (Å²) in [6.45, 7) is 0. The van der Waals surface area contributed by atoms with Gasteiger partial charge in [-0.2, -0.15) is 15.2 Å². The van der Waals surface area contributed by atoms with E-state index in [1.54, 1.807) is 24.3 Å². The van der Waals surface area contributed by atoms with Gasteiger partial charge in [-0.25, -0.2) is 8.78 Å². The fraction of sp³-hybridized carbons (Fsp3) is 0.0556. The van der Waals surface area contributed by atoms with Gasteiger partial charge in [0.05, 0.1) is 18.7 Å². The molecule has 0 atom stereocenters. The van der Waals surface area contributed by atoms with Gasteiger partial charge in [-0.05, 0) is 24.3 Å². The first-order chi connectivity index (χ1) is 13.0. The number of hydrogen-bond donors (Lipinski definition) is 3. The van der Waals surface area contributed by atoms with E-state index < -0.39 is 17.3 Å². The van der Waals surface area contributed by atoms with Crippen LogP contribution in [0.15, 0.2) is 42.5 Å². The van der Waals surface area contributed by atoms with Gasteiger partial charge in [0.15, 0.2) is 11.6 Å². The van der Waals surface area contributed by atoms with Crippen LogP contribution < -0.4 is 21.1 Å². The van der Waals surface area contributed by atoms with E-state index in [0.717, 1.165) is 12.1 Å². The zero-order chi connectivity index (χ0) is 19.4. The van der Waals surface area contributed by atoms with E-state index in [-0.39, 0.29) is 23.3 Å². The Bertz CT molecular complexity index is 994. The van der Waals surface area contributed by atoms with Gasteiger partial charge < -0.3 is 21.1 Å². The monoisotopic (exact) mass is 368 g/mol. The van der Waals surface area contributed by atoms with Crippen molar-refractivity contribution in [3.8, 4) is 11.8 Å². The van der Waals surface area contributed by atoms with E-state index in [4.69, 9.17) is 15.7 Å². The van der Waals surface area contributed by atoms with Crippen molar-refractivity contribution in [1.82, 2.24) is 9.97 Å². The Morgan fingerprint density at radius 2 is 1.70 bits per heavy atom. The summed E-state index contributed by atoms with van der Waals surface area (Å²) in [7, 11) is 1.31. The number of nitrogen functional groups attached to an aromatic ring is 1. The first-order valence-corrected chi connectivity index (χ1v) is 7.70. The Balaban J connectivity index is 1.86. The fourth-order valence-corrected chi connectivity index (χ4v) is 2.26. The van der Waals surface area contributed by atoms with Crippen LogP contribution in [-0.2, 0) is 0 Å². The summed E-state index contributed by atoms with van der Waals surface area (Å²) in [6, 6.07) is 12.0. The second-order valence-electron chi connectivity index (χ2n) is 5.41. The molecule has 3 aromatic rings. The van der Waals surface area contributed by atoms with Crippen molar-refractivity contribution in [2.75, 3.05) is 23.5 Å². The van der Waals surface area contributed by atoms with Crippen LogP contribution in [0.25, 0.3) is 0 Å². The third-order valence-corrected chi connectivity index (χ3v) is 3.52. The van der Waals surface area contributed by atoms with Gasteiger partial charge in [-0.1, -0.05) is 0 Å². The first-order valence-electron chi connectivity index (χ1n) is 7.70. The van der Waals surface area contributed by atoms with E-state index in [9.17, 15) is 8.78 Å². The minimum Gasteiger partial charge on any atom is -0.497 e. The number of nitrogens with two attached hydrogens (primary N) is 1. The molecule has 0 spiro atoms. The number of nitriles is 1. The third-order valence-electron chi connectivity index (χ3n) is 3.52. The number of hydrogen-bond acceptors (Lipinski definition) is 7. The van der Waals surface area contributed by atoms with Crippen LogP contribution >= 0.6 is 0 Å². The average molecular weight is 368 g/mol. The van der Waals surface area contributed by atoms with Crippen LogP contribution in [-0.4, -0.2) is 17.1 Å². The summed E-state index contributed by atoms with van der Waals surface area (Å²) in [6.07, 6.45) is 0. The molecule has 9 heteroatoms. The number of aromatic nitrogens is 2. The Kier molecular flexibility index (Phi) is 4.99. The second kappa shape index (κ2) is 7.53. The van der Waals surface area contributed by atoms with Crippen LogP contribution in [0.2, 0.25) is 0 Å². The predicted octanol–water partition coefficient (Wildman–Crippen LogP) is 3.70. The number of benzene rings is 2. The average Bonchev–Trinajstić information content (AvgIpc) is 2.64. The van der Waals surface area contributed by atoms with Crippen molar-refractivity contribution < 1.29 is 13.5 Å². The van der Waals surface area contributed by atoms with Crippen molar-refractivity contribution in [3.63, 3.8) is 0 Å². The minimum atomic E-state index is -0.842. The SMILES string of the molecule is COc1cc(F)c(Nc2cc(N)nc(Nc3ccc(C#N)cc3)n2)c(F)c1. The summed E-state index contributed by atoms with van der Waals surface area (Å²) in [5.41, 5.74) is 6.48. The van der Waals surface area contributed by atoms with Gasteiger partial charge in [0.25, 0.3) is 0 Å². The highest BCUT2D eigenvalue weighted by molar-refractivity contribution is 5.64. The zero-order valence-electron chi connectivity index (χ0n) is 14.1. The molecule has 0 saturated carbocycles. The summed E-state index contributed by atoms with van der Waals surface area (Å²) in [5, 5.41) is 14.3. The van der Waals surface area contributed by atoms with E-state index >= 15 is 0 Å². The van der Waals surface area contributed by atoms with Crippen molar-refractivity contribution in [3.05, 3.63) is 59.7 Å². The van der Waals surface area contributed by atoms with Crippen molar-refractivity contribution in [2.24, 2.45) is 0 Å². The zero-order valence-corrected chi connectivity index (χ0v) is 14.1. The Morgan fingerprint density at radius 1 is 1.04 bits per heavy atom. The highest BCUT2D eigenvalue weighted by Gasteiger charge is 2.13. The molecule has 1 aromatic heterocycles. The number of rotatable bonds is 5. The number of anilines is 5. The number of ether oxygens (including phenoxy) is 1. The summed E-state index contributed by atoms with van der Waals surface area (Å²) >= 11 is 0. The topological polar surface area (TPSA) is 109 Å². The molecule has 4 N–H and O–H groups in total. The largest absolute Gasteiger partial charge is 0.497 e. The smallest absolute Gasteiger partial charge is 0.231 e. The number of methoxy groups -OCH3 is 1. The molecule has 3 rings (SSSR count). The summed E-state index contributed by atoms with van der Waals surface area (Å²) in [5.74, 6) is -1.31. The molecule has 7 nitrogen and oxygen atoms in total. The third kappa shape index (κ3) is 4.19. The Morgan fingerprint density at radius 3 is 2.30 bits per heavy atom. The maximum absolute atomic E-state index is 14.1. The molecule has 0 aliphatic heterocycles. The van der Waals surface area contributed by atoms with Crippen LogP contribution in [0.3, 0.4) is 0 Å². The van der Waals surface area contributed by atoms with Crippen LogP contribution in [0.1, 0.15) is 5.56 Å². The van der Waals surface area contributed by atoms with Crippen LogP contribution in [0.5, 0.6) is 5.75 Å². The molecule has 0 aliphatic carbocycles. The van der Waals surface area contributed by atoms with Gasteiger partial charge in [-0.3, -0.25) is 0 Å². The number of halogens is 2. The lowest BCUT2D eigenvalue weighted by Crippen LogP contribution is -2.05. The minimum absolute atomic E-state index is 0.0564. The Hall–Kier alpha value is -3.93. The molecule has 0 aliphatic rings. The van der Waals surface area contributed by atoms with Gasteiger partial charge in [0.2, 0.25) is 5.95 Å². The normalized spacial score (nSPS) is 10.1. The highest BCUT2D eigenvalue weighted by atomic mass is 19.1. The molecule has 0 unspecified atom stereocenters. The lowest BCUT2D eigenvalue weighted by atomic mass is 10.2. The summed E-state index contributed by atoms with van der Waals surface area (Å²) in [4.78, 5) is 8.18. The second-order valence-corrected chi connectivity index (χ2v) is 5.41. The van der Waals surface area contributed by atoms with Crippen molar-refractivity contribution in [2.45, 2.75) is 0 Å². The Labute approximate surface area is 153 Å². The van der Waals surface area contributed by atoms with Gasteiger partial charge in [0, 0.05) is 23.9 Å². The quantitative estimate of drug-likeness (QED) is 0.630. The van der Waals surface area contributed by atoms with E-state index in [0.29, 0.717) is 11.3 Å². The van der Waals surface area contributed by atoms with Crippen LogP contribution in [0, 0.1) is 23.0 Å². The summed E-state index contributed by atoms with van der Waals surface area (Å²) < 4.78 is 33.0. The molecule has 2 aromatic carbocycles. The fourth-order valence-electron chi connectivity index (χ4n) is 2.26. The van der Waals surface area contributed by atoms with Crippen molar-refractivity contribution in [1.29, 1.82) is 5.26 Å². The van der Waals surface area contributed by atoms with E-state index in [1.807, 2.05) is 6.07 Å². The molecule has 0 amide bonds. The lowest BCUT2D eigenvalue weighted by Gasteiger charge is -2.12. The molecule has 136 valence electrons. The number of nitrogens with one attached hydrogen (secondary N) is 2.